The summed E-state index contributed by atoms with van der Waals surface area (Å²) in [6.07, 6.45) is 9.66. The average molecular weight is 833 g/mol. The lowest BCUT2D eigenvalue weighted by Crippen LogP contribution is -2.15. The van der Waals surface area contributed by atoms with Crippen LogP contribution in [0, 0.1) is 20.8 Å². The van der Waals surface area contributed by atoms with E-state index in [9.17, 15) is 0 Å². The summed E-state index contributed by atoms with van der Waals surface area (Å²) in [5.41, 5.74) is 29.1. The van der Waals surface area contributed by atoms with Gasteiger partial charge in [-0.05, 0) is 147 Å². The highest BCUT2D eigenvalue weighted by Gasteiger charge is 2.40. The lowest BCUT2D eigenvalue weighted by molar-refractivity contribution is 0.658. The number of hydrogen-bond donors (Lipinski definition) is 0. The molecule has 0 aromatic heterocycles. The molecule has 0 aliphatic heterocycles. The van der Waals surface area contributed by atoms with Gasteiger partial charge in [-0.25, -0.2) is 0 Å². The molecule has 7 aromatic carbocycles. The van der Waals surface area contributed by atoms with Crippen LogP contribution in [-0.4, -0.2) is 0 Å². The van der Waals surface area contributed by atoms with Crippen molar-refractivity contribution in [1.82, 2.24) is 0 Å². The molecule has 0 heteroatoms. The van der Waals surface area contributed by atoms with Crippen LogP contribution in [0.4, 0.5) is 0 Å². The van der Waals surface area contributed by atoms with Gasteiger partial charge in [0.2, 0.25) is 0 Å². The van der Waals surface area contributed by atoms with Crippen LogP contribution < -0.4 is 0 Å². The SMILES string of the molecule is C=C/C=C1\C(=C/C)C(C)(C)c2cccc(-c3ccc(C)cc3)c21.Cc1ccc2c(c1)C(C)(C)c1cc(C)cc(-c3ccc(CCCc4ccc5c(c4)C(C)(C)c4ccccc4-5)cc3)c1-2. The minimum atomic E-state index is 0.0208. The van der Waals surface area contributed by atoms with E-state index in [4.69, 9.17) is 0 Å². The largest absolute Gasteiger partial charge is 0.0990 e. The Bertz CT molecular complexity index is 3010. The molecule has 64 heavy (non-hydrogen) atoms. The van der Waals surface area contributed by atoms with E-state index in [2.05, 4.69) is 227 Å². The molecular weight excluding hydrogens is 769 g/mol. The normalized spacial score (nSPS) is 16.7. The molecule has 0 atom stereocenters. The fourth-order valence-electron chi connectivity index (χ4n) is 11.4. The third kappa shape index (κ3) is 7.26. The molecule has 10 rings (SSSR count). The fraction of sp³-hybridized carbons (Fsp3) is 0.250. The van der Waals surface area contributed by atoms with Gasteiger partial charge in [0.15, 0.2) is 0 Å². The van der Waals surface area contributed by atoms with Crippen molar-refractivity contribution < 1.29 is 0 Å². The second kappa shape index (κ2) is 16.4. The smallest absolute Gasteiger partial charge is 0.0159 e. The van der Waals surface area contributed by atoms with Gasteiger partial charge in [0.25, 0.3) is 0 Å². The molecule has 0 saturated carbocycles. The van der Waals surface area contributed by atoms with Crippen LogP contribution >= 0.6 is 0 Å². The Kier molecular flexibility index (Phi) is 11.0. The number of benzene rings is 7. The van der Waals surface area contributed by atoms with Gasteiger partial charge in [0.05, 0.1) is 0 Å². The van der Waals surface area contributed by atoms with Crippen molar-refractivity contribution in [2.24, 2.45) is 0 Å². The Morgan fingerprint density at radius 2 is 1.00 bits per heavy atom. The topological polar surface area (TPSA) is 0 Å². The lowest BCUT2D eigenvalue weighted by Gasteiger charge is -2.22. The highest BCUT2D eigenvalue weighted by Crippen LogP contribution is 2.54. The van der Waals surface area contributed by atoms with E-state index in [-0.39, 0.29) is 16.2 Å². The maximum Gasteiger partial charge on any atom is 0.0159 e. The van der Waals surface area contributed by atoms with Gasteiger partial charge in [-0.15, -0.1) is 0 Å². The van der Waals surface area contributed by atoms with Gasteiger partial charge in [0, 0.05) is 16.2 Å². The summed E-state index contributed by atoms with van der Waals surface area (Å²) in [7, 11) is 0. The standard InChI is InChI=1S/C41H40.C23H24/c1-26-14-20-33-36(23-26)41(5,6)38-24-27(2)22-34(39(33)38)30-18-15-28(16-19-30)10-9-11-29-17-21-32-31-12-7-8-13-35(31)40(3,4)37(32)25-29;1-6-9-19-20(7-2)23(4,5)21-11-8-10-18(22(19)21)17-14-12-16(3)13-15-17/h7-8,12-25H,9-11H2,1-6H3;6-15H,1H2,2-5H3/b;19-9+,20-7+. The molecule has 0 radical (unpaired) electrons. The van der Waals surface area contributed by atoms with E-state index in [0.29, 0.717) is 0 Å². The van der Waals surface area contributed by atoms with E-state index in [1.54, 1.807) is 0 Å². The molecule has 320 valence electrons. The molecule has 0 N–H and O–H groups in total. The third-order valence-corrected chi connectivity index (χ3v) is 14.8. The highest BCUT2D eigenvalue weighted by molar-refractivity contribution is 5.97. The third-order valence-electron chi connectivity index (χ3n) is 14.8. The molecule has 0 spiro atoms. The molecule has 3 aliphatic rings. The van der Waals surface area contributed by atoms with Crippen molar-refractivity contribution in [3.8, 4) is 44.5 Å². The molecule has 0 nitrogen and oxygen atoms in total. The molecule has 0 saturated heterocycles. The van der Waals surface area contributed by atoms with Gasteiger partial charge in [-0.3, -0.25) is 0 Å². The molecule has 0 amide bonds. The van der Waals surface area contributed by atoms with Crippen LogP contribution in [0.3, 0.4) is 0 Å². The van der Waals surface area contributed by atoms with Crippen LogP contribution in [0.1, 0.15) is 116 Å². The van der Waals surface area contributed by atoms with Crippen molar-refractivity contribution in [2.75, 3.05) is 0 Å². The van der Waals surface area contributed by atoms with Crippen LogP contribution in [-0.2, 0) is 29.1 Å². The predicted octanol–water partition coefficient (Wildman–Crippen LogP) is 17.2. The first-order valence-electron chi connectivity index (χ1n) is 23.4. The summed E-state index contributed by atoms with van der Waals surface area (Å²) in [5, 5.41) is 0. The van der Waals surface area contributed by atoms with Crippen LogP contribution in [0.5, 0.6) is 0 Å². The zero-order chi connectivity index (χ0) is 45.1. The predicted molar refractivity (Wildman–Crippen MR) is 277 cm³/mol. The molecule has 0 bridgehead atoms. The second-order valence-corrected chi connectivity index (χ2v) is 20.2. The summed E-state index contributed by atoms with van der Waals surface area (Å²) in [4.78, 5) is 0. The van der Waals surface area contributed by atoms with Crippen molar-refractivity contribution in [3.05, 3.63) is 231 Å². The number of aryl methyl sites for hydroxylation is 5. The van der Waals surface area contributed by atoms with E-state index in [1.165, 1.54) is 117 Å². The summed E-state index contributed by atoms with van der Waals surface area (Å²) in [6.45, 7) is 26.7. The summed E-state index contributed by atoms with van der Waals surface area (Å²) in [5.74, 6) is 0. The first-order valence-corrected chi connectivity index (χ1v) is 23.4. The molecule has 7 aromatic rings. The molecule has 0 fully saturated rings. The lowest BCUT2D eigenvalue weighted by atomic mass is 9.81. The van der Waals surface area contributed by atoms with Crippen LogP contribution in [0.15, 0.2) is 170 Å². The molecule has 3 aliphatic carbocycles. The average Bonchev–Trinajstić information content (AvgIpc) is 3.75. The Hall–Kier alpha value is -6.24. The van der Waals surface area contributed by atoms with E-state index < -0.39 is 0 Å². The second-order valence-electron chi connectivity index (χ2n) is 20.2. The first-order chi connectivity index (χ1) is 30.6. The van der Waals surface area contributed by atoms with Crippen molar-refractivity contribution in [1.29, 1.82) is 0 Å². The van der Waals surface area contributed by atoms with Crippen molar-refractivity contribution >= 4 is 5.57 Å². The van der Waals surface area contributed by atoms with E-state index in [0.717, 1.165) is 19.3 Å². The highest BCUT2D eigenvalue weighted by atomic mass is 14.4. The number of fused-ring (bicyclic) bond motifs is 7. The fourth-order valence-corrected chi connectivity index (χ4v) is 11.4. The zero-order valence-corrected chi connectivity index (χ0v) is 39.8. The maximum absolute atomic E-state index is 3.92. The van der Waals surface area contributed by atoms with Crippen molar-refractivity contribution in [3.63, 3.8) is 0 Å². The van der Waals surface area contributed by atoms with Gasteiger partial charge in [-0.1, -0.05) is 223 Å². The van der Waals surface area contributed by atoms with E-state index >= 15 is 0 Å². The number of rotatable bonds is 7. The Balaban J connectivity index is 0.000000191. The monoisotopic (exact) mass is 833 g/mol. The molecule has 0 unspecified atom stereocenters. The minimum Gasteiger partial charge on any atom is -0.0990 e. The Morgan fingerprint density at radius 1 is 0.438 bits per heavy atom. The number of allylic oxidation sites excluding steroid dienone is 5. The van der Waals surface area contributed by atoms with Gasteiger partial charge in [-0.2, -0.15) is 0 Å². The molecular formula is C64H64. The molecule has 0 heterocycles. The number of hydrogen-bond acceptors (Lipinski definition) is 0. The Morgan fingerprint density at radius 3 is 1.73 bits per heavy atom. The van der Waals surface area contributed by atoms with Gasteiger partial charge < -0.3 is 0 Å². The maximum atomic E-state index is 3.92. The minimum absolute atomic E-state index is 0.0208. The van der Waals surface area contributed by atoms with Crippen LogP contribution in [0.25, 0.3) is 50.1 Å². The summed E-state index contributed by atoms with van der Waals surface area (Å²) in [6, 6.07) is 52.7. The van der Waals surface area contributed by atoms with Gasteiger partial charge in [0.1, 0.15) is 0 Å². The van der Waals surface area contributed by atoms with Crippen molar-refractivity contribution in [2.45, 2.75) is 105 Å². The Labute approximate surface area is 384 Å². The van der Waals surface area contributed by atoms with Gasteiger partial charge >= 0.3 is 0 Å². The zero-order valence-electron chi connectivity index (χ0n) is 39.8. The summed E-state index contributed by atoms with van der Waals surface area (Å²) < 4.78 is 0. The quantitative estimate of drug-likeness (QED) is 0.150. The first kappa shape index (κ1) is 43.0. The summed E-state index contributed by atoms with van der Waals surface area (Å²) >= 11 is 0. The van der Waals surface area contributed by atoms with Crippen LogP contribution in [0.2, 0.25) is 0 Å². The van der Waals surface area contributed by atoms with E-state index in [1.807, 2.05) is 6.08 Å².